The number of rotatable bonds is 5. The molecule has 1 N–H and O–H groups in total. The number of ether oxygens (including phenoxy) is 2. The Morgan fingerprint density at radius 2 is 2.11 bits per heavy atom. The highest BCUT2D eigenvalue weighted by Gasteiger charge is 2.30. The zero-order chi connectivity index (χ0) is 13.8. The Labute approximate surface area is 109 Å². The molecule has 0 radical (unpaired) electrons. The topological polar surface area (TPSA) is 47.6 Å². The summed E-state index contributed by atoms with van der Waals surface area (Å²) in [4.78, 5) is 11.2. The van der Waals surface area contributed by atoms with Crippen LogP contribution in [0.25, 0.3) is 0 Å². The van der Waals surface area contributed by atoms with Gasteiger partial charge in [0.15, 0.2) is 23.5 Å². The number of benzene rings is 1. The van der Waals surface area contributed by atoms with E-state index in [1.165, 1.54) is 12.1 Å². The molecule has 1 unspecified atom stereocenters. The number of hydrogen-bond acceptors (Lipinski definition) is 4. The molecule has 1 fully saturated rings. The number of halogens is 2. The molecular weight excluding hydrogens is 256 g/mol. The highest BCUT2D eigenvalue weighted by Crippen LogP contribution is 2.26. The van der Waals surface area contributed by atoms with Crippen LogP contribution in [-0.2, 0) is 16.1 Å². The van der Waals surface area contributed by atoms with E-state index in [4.69, 9.17) is 4.74 Å². The first-order valence-electron chi connectivity index (χ1n) is 6.13. The van der Waals surface area contributed by atoms with Crippen LogP contribution in [0.1, 0.15) is 18.9 Å². The van der Waals surface area contributed by atoms with Crippen LogP contribution in [0.2, 0.25) is 0 Å². The Bertz CT molecular complexity index is 456. The summed E-state index contributed by atoms with van der Waals surface area (Å²) in [5.74, 6) is -2.74. The van der Waals surface area contributed by atoms with Gasteiger partial charge in [0.25, 0.3) is 0 Å². The lowest BCUT2D eigenvalue weighted by molar-refractivity contribution is -0.143. The Morgan fingerprint density at radius 3 is 2.63 bits per heavy atom. The van der Waals surface area contributed by atoms with Crippen LogP contribution in [0, 0.1) is 11.6 Å². The quantitative estimate of drug-likeness (QED) is 0.829. The molecule has 19 heavy (non-hydrogen) atoms. The van der Waals surface area contributed by atoms with Gasteiger partial charge in [-0.05, 0) is 24.2 Å². The summed E-state index contributed by atoms with van der Waals surface area (Å²) in [6.45, 7) is 3.19. The molecule has 6 heteroatoms. The van der Waals surface area contributed by atoms with Gasteiger partial charge >= 0.3 is 5.97 Å². The first kappa shape index (κ1) is 13.7. The molecule has 1 atom stereocenters. The van der Waals surface area contributed by atoms with Crippen molar-refractivity contribution in [3.05, 3.63) is 29.3 Å². The molecule has 1 heterocycles. The number of esters is 1. The molecule has 2 rings (SSSR count). The van der Waals surface area contributed by atoms with Crippen molar-refractivity contribution in [3.8, 4) is 5.75 Å². The predicted octanol–water partition coefficient (Wildman–Crippen LogP) is 1.77. The van der Waals surface area contributed by atoms with Crippen LogP contribution in [0.5, 0.6) is 5.75 Å². The fourth-order valence-corrected chi connectivity index (χ4v) is 1.82. The summed E-state index contributed by atoms with van der Waals surface area (Å²) >= 11 is 0. The van der Waals surface area contributed by atoms with Crippen molar-refractivity contribution in [1.82, 2.24) is 5.32 Å². The van der Waals surface area contributed by atoms with Gasteiger partial charge in [0.2, 0.25) is 0 Å². The predicted molar refractivity (Wildman–Crippen MR) is 63.7 cm³/mol. The summed E-state index contributed by atoms with van der Waals surface area (Å²) < 4.78 is 37.3. The van der Waals surface area contributed by atoms with Crippen LogP contribution in [0.3, 0.4) is 0 Å². The van der Waals surface area contributed by atoms with Gasteiger partial charge in [-0.25, -0.2) is 13.6 Å². The largest absolute Gasteiger partial charge is 0.472 e. The van der Waals surface area contributed by atoms with Gasteiger partial charge in [-0.2, -0.15) is 0 Å². The van der Waals surface area contributed by atoms with Crippen molar-refractivity contribution in [3.63, 3.8) is 0 Å². The zero-order valence-corrected chi connectivity index (χ0v) is 10.5. The lowest BCUT2D eigenvalue weighted by atomic mass is 10.2. The molecule has 0 aliphatic carbocycles. The third-order valence-corrected chi connectivity index (χ3v) is 2.78. The van der Waals surface area contributed by atoms with E-state index in [0.29, 0.717) is 25.1 Å². The maximum Gasteiger partial charge on any atom is 0.347 e. The van der Waals surface area contributed by atoms with E-state index in [0.717, 1.165) is 0 Å². The van der Waals surface area contributed by atoms with Crippen LogP contribution in [0.4, 0.5) is 8.78 Å². The van der Waals surface area contributed by atoms with Gasteiger partial charge in [0, 0.05) is 13.0 Å². The minimum absolute atomic E-state index is 0.214. The van der Waals surface area contributed by atoms with Crippen LogP contribution >= 0.6 is 0 Å². The molecule has 0 spiro atoms. The first-order chi connectivity index (χ1) is 9.11. The van der Waals surface area contributed by atoms with E-state index in [9.17, 15) is 13.6 Å². The summed E-state index contributed by atoms with van der Waals surface area (Å²) in [5, 5.41) is 2.97. The molecule has 1 aliphatic heterocycles. The highest BCUT2D eigenvalue weighted by atomic mass is 19.1. The van der Waals surface area contributed by atoms with Gasteiger partial charge in [-0.1, -0.05) is 6.92 Å². The summed E-state index contributed by atoms with van der Waals surface area (Å²) in [6.07, 6.45) is -0.625. The average Bonchev–Trinajstić information content (AvgIpc) is 2.77. The van der Waals surface area contributed by atoms with E-state index in [-0.39, 0.29) is 6.61 Å². The standard InChI is InChI=1S/C13H15F2NO3/c1-2-16-7-8-5-9(14)12(10(15)6-8)19-11-3-4-18-13(11)17/h5-6,11,16H,2-4,7H2,1H3. The van der Waals surface area contributed by atoms with Crippen molar-refractivity contribution < 1.29 is 23.0 Å². The van der Waals surface area contributed by atoms with Crippen molar-refractivity contribution >= 4 is 5.97 Å². The number of hydrogen-bond donors (Lipinski definition) is 1. The molecule has 1 aliphatic rings. The fraction of sp³-hybridized carbons (Fsp3) is 0.462. The second-order valence-corrected chi connectivity index (χ2v) is 4.23. The number of nitrogens with one attached hydrogen (secondary N) is 1. The van der Waals surface area contributed by atoms with E-state index in [1.807, 2.05) is 6.92 Å². The normalized spacial score (nSPS) is 18.5. The number of cyclic esters (lactones) is 1. The third-order valence-electron chi connectivity index (χ3n) is 2.78. The SMILES string of the molecule is CCNCc1cc(F)c(OC2CCOC2=O)c(F)c1. The van der Waals surface area contributed by atoms with Crippen molar-refractivity contribution in [2.75, 3.05) is 13.2 Å². The lowest BCUT2D eigenvalue weighted by Gasteiger charge is -2.13. The number of carbonyl (C=O) groups excluding carboxylic acids is 1. The zero-order valence-electron chi connectivity index (χ0n) is 10.5. The molecule has 0 aromatic heterocycles. The summed E-state index contributed by atoms with van der Waals surface area (Å²) in [7, 11) is 0. The molecule has 1 aromatic carbocycles. The second kappa shape index (κ2) is 5.97. The summed E-state index contributed by atoms with van der Waals surface area (Å²) in [6, 6.07) is 2.39. The van der Waals surface area contributed by atoms with Crippen LogP contribution < -0.4 is 10.1 Å². The second-order valence-electron chi connectivity index (χ2n) is 4.23. The molecule has 0 bridgehead atoms. The number of carbonyl (C=O) groups is 1. The average molecular weight is 271 g/mol. The van der Waals surface area contributed by atoms with E-state index >= 15 is 0 Å². The van der Waals surface area contributed by atoms with Crippen molar-refractivity contribution in [2.45, 2.75) is 26.0 Å². The smallest absolute Gasteiger partial charge is 0.347 e. The Morgan fingerprint density at radius 1 is 1.42 bits per heavy atom. The molecule has 0 amide bonds. The van der Waals surface area contributed by atoms with E-state index in [2.05, 4.69) is 10.1 Å². The molecular formula is C13H15F2NO3. The minimum atomic E-state index is -0.927. The highest BCUT2D eigenvalue weighted by molar-refractivity contribution is 5.76. The van der Waals surface area contributed by atoms with Gasteiger partial charge in [-0.15, -0.1) is 0 Å². The van der Waals surface area contributed by atoms with E-state index in [1.54, 1.807) is 0 Å². The third kappa shape index (κ3) is 3.20. The molecule has 4 nitrogen and oxygen atoms in total. The Kier molecular flexibility index (Phi) is 4.31. The molecule has 0 saturated carbocycles. The van der Waals surface area contributed by atoms with Crippen molar-refractivity contribution in [2.24, 2.45) is 0 Å². The first-order valence-corrected chi connectivity index (χ1v) is 6.13. The van der Waals surface area contributed by atoms with E-state index < -0.39 is 29.5 Å². The monoisotopic (exact) mass is 271 g/mol. The van der Waals surface area contributed by atoms with Crippen LogP contribution in [0.15, 0.2) is 12.1 Å². The van der Waals surface area contributed by atoms with Crippen LogP contribution in [-0.4, -0.2) is 25.2 Å². The maximum absolute atomic E-state index is 13.8. The van der Waals surface area contributed by atoms with Gasteiger partial charge < -0.3 is 14.8 Å². The molecule has 1 aromatic rings. The maximum atomic E-state index is 13.8. The minimum Gasteiger partial charge on any atom is -0.472 e. The van der Waals surface area contributed by atoms with Crippen molar-refractivity contribution in [1.29, 1.82) is 0 Å². The summed E-state index contributed by atoms with van der Waals surface area (Å²) in [5.41, 5.74) is 0.484. The lowest BCUT2D eigenvalue weighted by Crippen LogP contribution is -2.23. The fourth-order valence-electron chi connectivity index (χ4n) is 1.82. The van der Waals surface area contributed by atoms with Gasteiger partial charge in [0.05, 0.1) is 6.61 Å². The Hall–Kier alpha value is -1.69. The Balaban J connectivity index is 2.14. The molecule has 1 saturated heterocycles. The van der Waals surface area contributed by atoms with Gasteiger partial charge in [0.1, 0.15) is 0 Å². The van der Waals surface area contributed by atoms with Gasteiger partial charge in [-0.3, -0.25) is 0 Å². The molecule has 104 valence electrons.